The molecular formula is C13H24N2O2. The summed E-state index contributed by atoms with van der Waals surface area (Å²) >= 11 is 0. The number of hydrogen-bond donors (Lipinski definition) is 3. The van der Waals surface area contributed by atoms with Gasteiger partial charge in [-0.2, -0.15) is 0 Å². The maximum Gasteiger partial charge on any atom is 0.315 e. The summed E-state index contributed by atoms with van der Waals surface area (Å²) in [4.78, 5) is 11.7. The molecule has 0 unspecified atom stereocenters. The van der Waals surface area contributed by atoms with Crippen LogP contribution in [0.3, 0.4) is 0 Å². The Labute approximate surface area is 103 Å². The van der Waals surface area contributed by atoms with Crippen molar-refractivity contribution in [1.29, 1.82) is 0 Å². The maximum absolute atomic E-state index is 11.7. The molecule has 0 aromatic rings. The molecular weight excluding hydrogens is 216 g/mol. The Balaban J connectivity index is 1.63. The first-order valence-electron chi connectivity index (χ1n) is 6.89. The second-order valence-electron chi connectivity index (χ2n) is 5.64. The van der Waals surface area contributed by atoms with E-state index in [4.69, 9.17) is 5.11 Å². The fraction of sp³-hybridized carbons (Fsp3) is 0.923. The molecule has 2 aliphatic carbocycles. The van der Waals surface area contributed by atoms with E-state index in [9.17, 15) is 4.79 Å². The van der Waals surface area contributed by atoms with Crippen LogP contribution in [0.2, 0.25) is 0 Å². The Morgan fingerprint density at radius 2 is 1.94 bits per heavy atom. The third-order valence-electron chi connectivity index (χ3n) is 4.16. The van der Waals surface area contributed by atoms with Crippen LogP contribution in [-0.4, -0.2) is 30.3 Å². The van der Waals surface area contributed by atoms with E-state index in [2.05, 4.69) is 10.6 Å². The van der Waals surface area contributed by atoms with Gasteiger partial charge in [0.1, 0.15) is 0 Å². The lowest BCUT2D eigenvalue weighted by Gasteiger charge is -2.23. The van der Waals surface area contributed by atoms with Crippen LogP contribution in [0.1, 0.15) is 51.4 Å². The molecule has 2 saturated carbocycles. The molecule has 0 aromatic carbocycles. The molecule has 0 heterocycles. The van der Waals surface area contributed by atoms with E-state index in [-0.39, 0.29) is 18.1 Å². The van der Waals surface area contributed by atoms with Crippen molar-refractivity contribution >= 4 is 6.03 Å². The van der Waals surface area contributed by atoms with E-state index in [0.29, 0.717) is 12.6 Å². The number of aliphatic hydroxyl groups is 1. The van der Waals surface area contributed by atoms with Crippen molar-refractivity contribution < 1.29 is 9.90 Å². The monoisotopic (exact) mass is 240 g/mol. The summed E-state index contributed by atoms with van der Waals surface area (Å²) in [5.41, 5.74) is 0.207. The molecule has 2 rings (SSSR count). The second-order valence-corrected chi connectivity index (χ2v) is 5.64. The van der Waals surface area contributed by atoms with Gasteiger partial charge in [0.15, 0.2) is 0 Å². The highest BCUT2D eigenvalue weighted by molar-refractivity contribution is 5.74. The van der Waals surface area contributed by atoms with Gasteiger partial charge in [0.25, 0.3) is 0 Å². The molecule has 0 aromatic heterocycles. The van der Waals surface area contributed by atoms with Gasteiger partial charge < -0.3 is 15.7 Å². The first kappa shape index (κ1) is 12.7. The number of carbonyl (C=O) groups excluding carboxylic acids is 1. The molecule has 0 radical (unpaired) electrons. The Bertz CT molecular complexity index is 258. The predicted molar refractivity (Wildman–Crippen MR) is 66.8 cm³/mol. The zero-order valence-electron chi connectivity index (χ0n) is 10.5. The molecule has 17 heavy (non-hydrogen) atoms. The van der Waals surface area contributed by atoms with Gasteiger partial charge in [0, 0.05) is 19.2 Å². The third kappa shape index (κ3) is 3.87. The van der Waals surface area contributed by atoms with Crippen molar-refractivity contribution in [3.63, 3.8) is 0 Å². The number of aliphatic hydroxyl groups excluding tert-OH is 1. The molecule has 0 saturated heterocycles. The van der Waals surface area contributed by atoms with E-state index in [1.807, 2.05) is 0 Å². The van der Waals surface area contributed by atoms with Crippen molar-refractivity contribution in [2.24, 2.45) is 5.41 Å². The van der Waals surface area contributed by atoms with Crippen LogP contribution in [0.5, 0.6) is 0 Å². The number of urea groups is 1. The Morgan fingerprint density at radius 3 is 2.53 bits per heavy atom. The molecule has 4 nitrogen and oxygen atoms in total. The molecule has 2 fully saturated rings. The summed E-state index contributed by atoms with van der Waals surface area (Å²) in [6.45, 7) is 0.942. The summed E-state index contributed by atoms with van der Waals surface area (Å²) in [7, 11) is 0. The fourth-order valence-electron chi connectivity index (χ4n) is 2.68. The minimum Gasteiger partial charge on any atom is -0.396 e. The second kappa shape index (κ2) is 5.71. The predicted octanol–water partition coefficient (Wildman–Crippen LogP) is 1.78. The lowest BCUT2D eigenvalue weighted by molar-refractivity contribution is 0.222. The van der Waals surface area contributed by atoms with Gasteiger partial charge in [-0.3, -0.25) is 0 Å². The van der Waals surface area contributed by atoms with Gasteiger partial charge >= 0.3 is 6.03 Å². The number of amides is 2. The molecule has 0 spiro atoms. The van der Waals surface area contributed by atoms with Crippen LogP contribution in [0, 0.1) is 5.41 Å². The van der Waals surface area contributed by atoms with Crippen LogP contribution in [-0.2, 0) is 0 Å². The van der Waals surface area contributed by atoms with Crippen molar-refractivity contribution in [3.05, 3.63) is 0 Å². The van der Waals surface area contributed by atoms with Gasteiger partial charge in [-0.25, -0.2) is 4.79 Å². The van der Waals surface area contributed by atoms with Gasteiger partial charge in [-0.05, 0) is 37.5 Å². The highest BCUT2D eigenvalue weighted by Crippen LogP contribution is 2.47. The number of rotatable bonds is 5. The van der Waals surface area contributed by atoms with Crippen molar-refractivity contribution in [1.82, 2.24) is 10.6 Å². The fourth-order valence-corrected chi connectivity index (χ4v) is 2.68. The summed E-state index contributed by atoms with van der Waals surface area (Å²) in [6, 6.07) is 0.345. The highest BCUT2D eigenvalue weighted by Gasteiger charge is 2.41. The van der Waals surface area contributed by atoms with Crippen molar-refractivity contribution in [3.8, 4) is 0 Å². The quantitative estimate of drug-likeness (QED) is 0.686. The largest absolute Gasteiger partial charge is 0.396 e. The molecule has 98 valence electrons. The van der Waals surface area contributed by atoms with Crippen LogP contribution in [0.25, 0.3) is 0 Å². The minimum atomic E-state index is -0.0267. The Hall–Kier alpha value is -0.770. The Kier molecular flexibility index (Phi) is 4.26. The maximum atomic E-state index is 11.7. The molecule has 0 aliphatic heterocycles. The summed E-state index contributed by atoms with van der Waals surface area (Å²) in [5.74, 6) is 0. The molecule has 0 bridgehead atoms. The lowest BCUT2D eigenvalue weighted by atomic mass is 9.96. The standard InChI is InChI=1S/C13H24N2O2/c16-9-8-13(6-7-13)10-14-12(17)15-11-4-2-1-3-5-11/h11,16H,1-10H2,(H2,14,15,17). The first-order chi connectivity index (χ1) is 8.24. The van der Waals surface area contributed by atoms with E-state index in [1.54, 1.807) is 0 Å². The van der Waals surface area contributed by atoms with Gasteiger partial charge in [-0.15, -0.1) is 0 Å². The third-order valence-corrected chi connectivity index (χ3v) is 4.16. The zero-order chi connectivity index (χ0) is 12.1. The molecule has 3 N–H and O–H groups in total. The SMILES string of the molecule is O=C(NCC1(CCO)CC1)NC1CCCCC1. The molecule has 2 aliphatic rings. The van der Waals surface area contributed by atoms with Crippen LogP contribution >= 0.6 is 0 Å². The number of nitrogens with one attached hydrogen (secondary N) is 2. The van der Waals surface area contributed by atoms with Crippen LogP contribution in [0.4, 0.5) is 4.79 Å². The average molecular weight is 240 g/mol. The van der Waals surface area contributed by atoms with Crippen LogP contribution in [0.15, 0.2) is 0 Å². The van der Waals surface area contributed by atoms with E-state index >= 15 is 0 Å². The zero-order valence-corrected chi connectivity index (χ0v) is 10.5. The molecule has 2 amide bonds. The summed E-state index contributed by atoms with van der Waals surface area (Å²) in [6.07, 6.45) is 9.11. The normalized spacial score (nSPS) is 23.1. The van der Waals surface area contributed by atoms with Gasteiger partial charge in [0.2, 0.25) is 0 Å². The first-order valence-corrected chi connectivity index (χ1v) is 6.89. The number of hydrogen-bond acceptors (Lipinski definition) is 2. The van der Waals surface area contributed by atoms with E-state index < -0.39 is 0 Å². The average Bonchev–Trinajstić information content (AvgIpc) is 3.09. The van der Waals surface area contributed by atoms with Gasteiger partial charge in [0.05, 0.1) is 0 Å². The molecule has 0 atom stereocenters. The lowest BCUT2D eigenvalue weighted by Crippen LogP contribution is -2.44. The van der Waals surface area contributed by atoms with Gasteiger partial charge in [-0.1, -0.05) is 19.3 Å². The van der Waals surface area contributed by atoms with Crippen molar-refractivity contribution in [2.75, 3.05) is 13.2 Å². The summed E-state index contributed by atoms with van der Waals surface area (Å²) < 4.78 is 0. The minimum absolute atomic E-state index is 0.0267. The Morgan fingerprint density at radius 1 is 1.24 bits per heavy atom. The van der Waals surface area contributed by atoms with Crippen molar-refractivity contribution in [2.45, 2.75) is 57.4 Å². The smallest absolute Gasteiger partial charge is 0.315 e. The topological polar surface area (TPSA) is 61.4 Å². The van der Waals surface area contributed by atoms with E-state index in [0.717, 1.165) is 32.1 Å². The number of carbonyl (C=O) groups is 1. The van der Waals surface area contributed by atoms with E-state index in [1.165, 1.54) is 19.3 Å². The highest BCUT2D eigenvalue weighted by atomic mass is 16.3. The summed E-state index contributed by atoms with van der Waals surface area (Å²) in [5, 5.41) is 14.9. The molecule has 4 heteroatoms. The van der Waals surface area contributed by atoms with Crippen LogP contribution < -0.4 is 10.6 Å².